The number of non-ortho nitro benzene ring substituents is 1. The molecule has 0 fully saturated rings. The van der Waals surface area contributed by atoms with Gasteiger partial charge in [-0.05, 0) is 35.8 Å². The average molecular weight is 265 g/mol. The van der Waals surface area contributed by atoms with Gasteiger partial charge in [0, 0.05) is 12.1 Å². The summed E-state index contributed by atoms with van der Waals surface area (Å²) < 4.78 is 5.41. The van der Waals surface area contributed by atoms with Gasteiger partial charge >= 0.3 is 0 Å². The molecule has 86 valence electrons. The fraction of sp³-hybridized carbons (Fsp3) is 0. The van der Waals surface area contributed by atoms with Gasteiger partial charge in [0.05, 0.1) is 9.80 Å². The first-order chi connectivity index (χ1) is 8.16. The van der Waals surface area contributed by atoms with Crippen LogP contribution in [0, 0.1) is 10.1 Å². The lowest BCUT2D eigenvalue weighted by Gasteiger charge is -2.04. The highest BCUT2D eigenvalue weighted by atomic mass is 32.1. The molecule has 0 saturated heterocycles. The van der Waals surface area contributed by atoms with Gasteiger partial charge in [-0.25, -0.2) is 0 Å². The summed E-state index contributed by atoms with van der Waals surface area (Å²) in [6.45, 7) is 0. The minimum atomic E-state index is -0.457. The van der Waals surface area contributed by atoms with Gasteiger partial charge in [0.15, 0.2) is 0 Å². The summed E-state index contributed by atoms with van der Waals surface area (Å²) in [6, 6.07) is 9.55. The summed E-state index contributed by atoms with van der Waals surface area (Å²) in [5.74, 6) is 0.494. The van der Waals surface area contributed by atoms with Crippen LogP contribution in [0.2, 0.25) is 0 Å². The Kier molecular flexibility index (Phi) is 3.46. The van der Waals surface area contributed by atoms with Crippen molar-refractivity contribution in [3.8, 4) is 5.75 Å². The van der Waals surface area contributed by atoms with E-state index in [9.17, 15) is 10.1 Å². The van der Waals surface area contributed by atoms with Gasteiger partial charge in [-0.15, -0.1) is 11.3 Å². The van der Waals surface area contributed by atoms with Crippen LogP contribution in [-0.4, -0.2) is 9.97 Å². The first kappa shape index (κ1) is 11.7. The van der Waals surface area contributed by atoms with Crippen LogP contribution < -0.4 is 4.74 Å². The number of hydrogen-bond donors (Lipinski definition) is 0. The lowest BCUT2D eigenvalue weighted by Crippen LogP contribution is -2.04. The van der Waals surface area contributed by atoms with E-state index in [1.54, 1.807) is 0 Å². The summed E-state index contributed by atoms with van der Waals surface area (Å²) in [6.07, 6.45) is 0. The molecule has 0 spiro atoms. The molecule has 2 rings (SSSR count). The average Bonchev–Trinajstić information content (AvgIpc) is 2.83. The standard InChI is InChI=1S/C11H7NO3S2/c13-12(14)8-3-5-9(6-4-8)15-11(16)10-2-1-7-17-10/h1-7H. The van der Waals surface area contributed by atoms with E-state index in [2.05, 4.69) is 0 Å². The lowest BCUT2D eigenvalue weighted by molar-refractivity contribution is -0.384. The molecular weight excluding hydrogens is 258 g/mol. The van der Waals surface area contributed by atoms with Crippen LogP contribution >= 0.6 is 23.6 Å². The molecule has 0 amide bonds. The number of benzene rings is 1. The first-order valence-electron chi connectivity index (χ1n) is 4.67. The van der Waals surface area contributed by atoms with E-state index < -0.39 is 4.92 Å². The fourth-order valence-corrected chi connectivity index (χ4v) is 2.10. The van der Waals surface area contributed by atoms with E-state index in [1.807, 2.05) is 17.5 Å². The van der Waals surface area contributed by atoms with Crippen molar-refractivity contribution >= 4 is 34.3 Å². The number of thiophene rings is 1. The van der Waals surface area contributed by atoms with Crippen LogP contribution in [0.5, 0.6) is 5.75 Å². The van der Waals surface area contributed by atoms with Gasteiger partial charge in [0.2, 0.25) is 5.05 Å². The van der Waals surface area contributed by atoms with Crippen molar-refractivity contribution in [3.63, 3.8) is 0 Å². The number of thiocarbonyl (C=S) groups is 1. The summed E-state index contributed by atoms with van der Waals surface area (Å²) >= 11 is 6.58. The highest BCUT2D eigenvalue weighted by molar-refractivity contribution is 7.80. The molecule has 17 heavy (non-hydrogen) atoms. The first-order valence-corrected chi connectivity index (χ1v) is 5.96. The molecule has 0 unspecified atom stereocenters. The number of hydrogen-bond acceptors (Lipinski definition) is 5. The normalized spacial score (nSPS) is 9.88. The molecule has 0 aliphatic carbocycles. The van der Waals surface area contributed by atoms with Crippen LogP contribution in [0.25, 0.3) is 0 Å². The Labute approximate surface area is 107 Å². The topological polar surface area (TPSA) is 52.4 Å². The van der Waals surface area contributed by atoms with Gasteiger partial charge in [0.25, 0.3) is 5.69 Å². The van der Waals surface area contributed by atoms with Crippen molar-refractivity contribution in [2.75, 3.05) is 0 Å². The van der Waals surface area contributed by atoms with E-state index in [0.717, 1.165) is 4.88 Å². The second-order valence-corrected chi connectivity index (χ2v) is 4.44. The summed E-state index contributed by atoms with van der Waals surface area (Å²) in [7, 11) is 0. The van der Waals surface area contributed by atoms with Crippen molar-refractivity contribution in [2.24, 2.45) is 0 Å². The van der Waals surface area contributed by atoms with Gasteiger partial charge < -0.3 is 4.74 Å². The molecule has 1 heterocycles. The summed E-state index contributed by atoms with van der Waals surface area (Å²) in [5, 5.41) is 12.7. The van der Waals surface area contributed by atoms with Crippen molar-refractivity contribution in [3.05, 3.63) is 56.8 Å². The minimum Gasteiger partial charge on any atom is -0.444 e. The molecule has 0 radical (unpaired) electrons. The highest BCUT2D eigenvalue weighted by Crippen LogP contribution is 2.20. The lowest BCUT2D eigenvalue weighted by atomic mass is 10.3. The Morgan fingerprint density at radius 3 is 2.53 bits per heavy atom. The third kappa shape index (κ3) is 2.86. The SMILES string of the molecule is O=[N+]([O-])c1ccc(OC(=S)c2cccs2)cc1. The maximum atomic E-state index is 10.5. The zero-order chi connectivity index (χ0) is 12.3. The van der Waals surface area contributed by atoms with Crippen LogP contribution in [0.3, 0.4) is 0 Å². The molecule has 1 aromatic carbocycles. The largest absolute Gasteiger partial charge is 0.444 e. The van der Waals surface area contributed by atoms with Crippen LogP contribution in [-0.2, 0) is 0 Å². The zero-order valence-electron chi connectivity index (χ0n) is 8.53. The maximum Gasteiger partial charge on any atom is 0.269 e. The Morgan fingerprint density at radius 2 is 2.00 bits per heavy atom. The molecule has 1 aromatic heterocycles. The molecule has 0 bridgehead atoms. The predicted molar refractivity (Wildman–Crippen MR) is 69.7 cm³/mol. The van der Waals surface area contributed by atoms with E-state index in [1.165, 1.54) is 35.6 Å². The molecule has 0 N–H and O–H groups in total. The zero-order valence-corrected chi connectivity index (χ0v) is 10.2. The number of nitro groups is 1. The van der Waals surface area contributed by atoms with Gasteiger partial charge in [0.1, 0.15) is 5.75 Å². The van der Waals surface area contributed by atoms with Gasteiger partial charge in [-0.2, -0.15) is 0 Å². The number of ether oxygens (including phenoxy) is 1. The summed E-state index contributed by atoms with van der Waals surface area (Å²) in [5.41, 5.74) is 0.0272. The number of nitrogens with zero attached hydrogens (tertiary/aromatic N) is 1. The highest BCUT2D eigenvalue weighted by Gasteiger charge is 2.07. The van der Waals surface area contributed by atoms with Crippen molar-refractivity contribution in [2.45, 2.75) is 0 Å². The molecule has 4 nitrogen and oxygen atoms in total. The van der Waals surface area contributed by atoms with Crippen LogP contribution in [0.4, 0.5) is 5.69 Å². The molecule has 0 aliphatic rings. The molecule has 0 atom stereocenters. The Morgan fingerprint density at radius 1 is 1.29 bits per heavy atom. The third-order valence-electron chi connectivity index (χ3n) is 1.98. The minimum absolute atomic E-state index is 0.0272. The Hall–Kier alpha value is -1.79. The number of rotatable bonds is 3. The Balaban J connectivity index is 2.09. The van der Waals surface area contributed by atoms with E-state index >= 15 is 0 Å². The quantitative estimate of drug-likeness (QED) is 0.485. The smallest absolute Gasteiger partial charge is 0.269 e. The number of nitro benzene ring substituents is 1. The van der Waals surface area contributed by atoms with Crippen LogP contribution in [0.15, 0.2) is 41.8 Å². The molecule has 2 aromatic rings. The molecular formula is C11H7NO3S2. The Bertz CT molecular complexity index is 534. The second kappa shape index (κ2) is 5.03. The summed E-state index contributed by atoms with van der Waals surface area (Å²) in [4.78, 5) is 10.9. The molecule has 0 aliphatic heterocycles. The third-order valence-corrected chi connectivity index (χ3v) is 3.28. The van der Waals surface area contributed by atoms with E-state index in [-0.39, 0.29) is 5.69 Å². The van der Waals surface area contributed by atoms with Crippen LogP contribution in [0.1, 0.15) is 4.88 Å². The van der Waals surface area contributed by atoms with Crippen molar-refractivity contribution < 1.29 is 9.66 Å². The predicted octanol–water partition coefficient (Wildman–Crippen LogP) is 3.41. The molecule has 6 heteroatoms. The second-order valence-electron chi connectivity index (χ2n) is 3.12. The van der Waals surface area contributed by atoms with Gasteiger partial charge in [-0.3, -0.25) is 10.1 Å². The fourth-order valence-electron chi connectivity index (χ4n) is 1.19. The van der Waals surface area contributed by atoms with E-state index in [0.29, 0.717) is 10.8 Å². The molecule has 0 saturated carbocycles. The maximum absolute atomic E-state index is 10.5. The van der Waals surface area contributed by atoms with E-state index in [4.69, 9.17) is 17.0 Å². The van der Waals surface area contributed by atoms with Crippen molar-refractivity contribution in [1.82, 2.24) is 0 Å². The van der Waals surface area contributed by atoms with Crippen molar-refractivity contribution in [1.29, 1.82) is 0 Å². The monoisotopic (exact) mass is 265 g/mol. The van der Waals surface area contributed by atoms with Gasteiger partial charge in [-0.1, -0.05) is 6.07 Å².